The van der Waals surface area contributed by atoms with Crippen molar-refractivity contribution in [3.63, 3.8) is 0 Å². The molecule has 25 heavy (non-hydrogen) atoms. The van der Waals surface area contributed by atoms with Gasteiger partial charge >= 0.3 is 0 Å². The molecule has 2 N–H and O–H groups in total. The lowest BCUT2D eigenvalue weighted by molar-refractivity contribution is -0.126. The minimum absolute atomic E-state index is 0.0631. The number of H-pyrrole nitrogens is 1. The Balaban J connectivity index is 1.61. The molecule has 0 unspecified atom stereocenters. The molecule has 1 atom stereocenters. The van der Waals surface area contributed by atoms with Crippen LogP contribution in [0.5, 0.6) is 5.75 Å². The number of rotatable bonds is 6. The topological polar surface area (TPSA) is 87.3 Å². The summed E-state index contributed by atoms with van der Waals surface area (Å²) in [6.07, 6.45) is 3.45. The van der Waals surface area contributed by atoms with Gasteiger partial charge in [0.25, 0.3) is 0 Å². The van der Waals surface area contributed by atoms with E-state index < -0.39 is 0 Å². The van der Waals surface area contributed by atoms with Gasteiger partial charge in [0.15, 0.2) is 0 Å². The van der Waals surface area contributed by atoms with Crippen LogP contribution in [0.1, 0.15) is 24.5 Å². The molecule has 1 aromatic heterocycles. The van der Waals surface area contributed by atoms with Crippen molar-refractivity contribution in [1.82, 2.24) is 15.5 Å². The van der Waals surface area contributed by atoms with Crippen molar-refractivity contribution in [2.45, 2.75) is 26.8 Å². The van der Waals surface area contributed by atoms with E-state index in [0.717, 1.165) is 16.9 Å². The first kappa shape index (κ1) is 17.0. The van der Waals surface area contributed by atoms with Gasteiger partial charge in [-0.1, -0.05) is 12.1 Å². The van der Waals surface area contributed by atoms with Crippen LogP contribution in [0.2, 0.25) is 0 Å². The van der Waals surface area contributed by atoms with Crippen LogP contribution in [0.4, 0.5) is 5.69 Å². The number of aryl methyl sites for hydroxylation is 1. The first-order chi connectivity index (χ1) is 12.1. The monoisotopic (exact) mass is 342 g/mol. The highest BCUT2D eigenvalue weighted by atomic mass is 16.5. The summed E-state index contributed by atoms with van der Waals surface area (Å²) < 4.78 is 5.63. The number of anilines is 1. The molecule has 3 rings (SSSR count). The van der Waals surface area contributed by atoms with Gasteiger partial charge in [-0.05, 0) is 25.5 Å². The van der Waals surface area contributed by atoms with Crippen LogP contribution in [0, 0.1) is 12.8 Å². The van der Waals surface area contributed by atoms with Crippen LogP contribution in [-0.4, -0.2) is 35.2 Å². The Morgan fingerprint density at radius 2 is 2.32 bits per heavy atom. The first-order valence-corrected chi connectivity index (χ1v) is 8.37. The summed E-state index contributed by atoms with van der Waals surface area (Å²) in [4.78, 5) is 26.2. The van der Waals surface area contributed by atoms with Crippen LogP contribution < -0.4 is 15.0 Å². The molecule has 0 bridgehead atoms. The fraction of sp³-hybridized carbons (Fsp3) is 0.389. The van der Waals surface area contributed by atoms with Crippen LogP contribution in [0.15, 0.2) is 30.6 Å². The number of benzene rings is 1. The molecule has 7 heteroatoms. The number of nitrogens with one attached hydrogen (secondary N) is 2. The van der Waals surface area contributed by atoms with Crippen molar-refractivity contribution in [3.8, 4) is 5.75 Å². The van der Waals surface area contributed by atoms with E-state index in [0.29, 0.717) is 25.4 Å². The van der Waals surface area contributed by atoms with Crippen LogP contribution >= 0.6 is 0 Å². The SMILES string of the molecule is CCOc1cc(C)ccc1CNC(=O)[C@@H]1CC(=O)N(c2cn[nH]c2)C1. The van der Waals surface area contributed by atoms with Gasteiger partial charge < -0.3 is 15.0 Å². The van der Waals surface area contributed by atoms with Crippen molar-refractivity contribution < 1.29 is 14.3 Å². The second-order valence-electron chi connectivity index (χ2n) is 6.12. The van der Waals surface area contributed by atoms with E-state index in [1.54, 1.807) is 17.3 Å². The minimum Gasteiger partial charge on any atom is -0.494 e. The molecule has 1 aliphatic heterocycles. The Kier molecular flexibility index (Phi) is 5.02. The number of ether oxygens (including phenoxy) is 1. The highest BCUT2D eigenvalue weighted by Gasteiger charge is 2.35. The van der Waals surface area contributed by atoms with E-state index in [4.69, 9.17) is 4.74 Å². The Bertz CT molecular complexity index is 758. The van der Waals surface area contributed by atoms with Crippen molar-refractivity contribution in [2.24, 2.45) is 5.92 Å². The second-order valence-corrected chi connectivity index (χ2v) is 6.12. The van der Waals surface area contributed by atoms with E-state index in [1.807, 2.05) is 32.0 Å². The largest absolute Gasteiger partial charge is 0.494 e. The Labute approximate surface area is 146 Å². The van der Waals surface area contributed by atoms with Crippen molar-refractivity contribution >= 4 is 17.5 Å². The van der Waals surface area contributed by atoms with Crippen molar-refractivity contribution in [1.29, 1.82) is 0 Å². The third-order valence-electron chi connectivity index (χ3n) is 4.27. The summed E-state index contributed by atoms with van der Waals surface area (Å²) >= 11 is 0. The summed E-state index contributed by atoms with van der Waals surface area (Å²) in [7, 11) is 0. The van der Waals surface area contributed by atoms with E-state index >= 15 is 0 Å². The number of hydrogen-bond acceptors (Lipinski definition) is 4. The summed E-state index contributed by atoms with van der Waals surface area (Å²) in [5, 5.41) is 9.45. The number of hydrogen-bond donors (Lipinski definition) is 2. The molecular formula is C18H22N4O3. The molecule has 1 aliphatic rings. The number of carbonyl (C=O) groups excluding carboxylic acids is 2. The third-order valence-corrected chi connectivity index (χ3v) is 4.27. The molecule has 132 valence electrons. The van der Waals surface area contributed by atoms with Gasteiger partial charge in [-0.3, -0.25) is 14.7 Å². The predicted molar refractivity (Wildman–Crippen MR) is 93.2 cm³/mol. The maximum Gasteiger partial charge on any atom is 0.227 e. The highest BCUT2D eigenvalue weighted by Crippen LogP contribution is 2.25. The molecule has 0 radical (unpaired) electrons. The Hall–Kier alpha value is -2.83. The fourth-order valence-electron chi connectivity index (χ4n) is 2.95. The van der Waals surface area contributed by atoms with Gasteiger partial charge in [0.2, 0.25) is 11.8 Å². The molecular weight excluding hydrogens is 320 g/mol. The standard InChI is InChI=1S/C18H22N4O3/c1-3-25-16-6-12(2)4-5-13(16)8-19-18(24)14-7-17(23)22(11-14)15-9-20-21-10-15/h4-6,9-10,14H,3,7-8,11H2,1-2H3,(H,19,24)(H,20,21)/t14-/m1/s1. The fourth-order valence-corrected chi connectivity index (χ4v) is 2.95. The first-order valence-electron chi connectivity index (χ1n) is 8.37. The Morgan fingerprint density at radius 1 is 1.48 bits per heavy atom. The lowest BCUT2D eigenvalue weighted by Gasteiger charge is -2.15. The maximum absolute atomic E-state index is 12.5. The van der Waals surface area contributed by atoms with E-state index in [9.17, 15) is 9.59 Å². The molecule has 1 fully saturated rings. The third kappa shape index (κ3) is 3.81. The van der Waals surface area contributed by atoms with Crippen molar-refractivity contribution in [3.05, 3.63) is 41.7 Å². The van der Waals surface area contributed by atoms with Crippen LogP contribution in [-0.2, 0) is 16.1 Å². The zero-order chi connectivity index (χ0) is 17.8. The predicted octanol–water partition coefficient (Wildman–Crippen LogP) is 1.79. The van der Waals surface area contributed by atoms with Gasteiger partial charge in [-0.25, -0.2) is 0 Å². The molecule has 2 heterocycles. The average Bonchev–Trinajstić information content (AvgIpc) is 3.23. The van der Waals surface area contributed by atoms with E-state index in [1.165, 1.54) is 0 Å². The molecule has 0 spiro atoms. The summed E-state index contributed by atoms with van der Waals surface area (Å²) in [6, 6.07) is 5.91. The quantitative estimate of drug-likeness (QED) is 0.838. The molecule has 7 nitrogen and oxygen atoms in total. The number of aromatic nitrogens is 2. The number of carbonyl (C=O) groups is 2. The molecule has 0 saturated carbocycles. The van der Waals surface area contributed by atoms with Crippen LogP contribution in [0.3, 0.4) is 0 Å². The van der Waals surface area contributed by atoms with Gasteiger partial charge in [-0.15, -0.1) is 0 Å². The zero-order valence-corrected chi connectivity index (χ0v) is 14.4. The minimum atomic E-state index is -0.358. The summed E-state index contributed by atoms with van der Waals surface area (Å²) in [6.45, 7) is 5.25. The summed E-state index contributed by atoms with van der Waals surface area (Å²) in [5.41, 5.74) is 2.73. The maximum atomic E-state index is 12.5. The molecule has 2 aromatic rings. The summed E-state index contributed by atoms with van der Waals surface area (Å²) in [5.74, 6) is 0.239. The molecule has 0 aliphatic carbocycles. The Morgan fingerprint density at radius 3 is 3.04 bits per heavy atom. The van der Waals surface area contributed by atoms with Crippen molar-refractivity contribution in [2.75, 3.05) is 18.1 Å². The zero-order valence-electron chi connectivity index (χ0n) is 14.4. The second kappa shape index (κ2) is 7.38. The normalized spacial score (nSPS) is 17.0. The van der Waals surface area contributed by atoms with Crippen LogP contribution in [0.25, 0.3) is 0 Å². The van der Waals surface area contributed by atoms with Gasteiger partial charge in [0.1, 0.15) is 5.75 Å². The molecule has 1 aromatic carbocycles. The van der Waals surface area contributed by atoms with E-state index in [2.05, 4.69) is 15.5 Å². The lowest BCUT2D eigenvalue weighted by atomic mass is 10.1. The number of aromatic amines is 1. The number of amides is 2. The smallest absolute Gasteiger partial charge is 0.227 e. The number of nitrogens with zero attached hydrogens (tertiary/aromatic N) is 2. The van der Waals surface area contributed by atoms with Gasteiger partial charge in [0, 0.05) is 31.3 Å². The average molecular weight is 342 g/mol. The van der Waals surface area contributed by atoms with Gasteiger partial charge in [0.05, 0.1) is 24.4 Å². The van der Waals surface area contributed by atoms with Gasteiger partial charge in [-0.2, -0.15) is 5.10 Å². The highest BCUT2D eigenvalue weighted by molar-refractivity contribution is 6.00. The molecule has 2 amide bonds. The lowest BCUT2D eigenvalue weighted by Crippen LogP contribution is -2.32. The molecule has 1 saturated heterocycles. The van der Waals surface area contributed by atoms with E-state index in [-0.39, 0.29) is 24.2 Å².